The van der Waals surface area contributed by atoms with E-state index in [2.05, 4.69) is 44.7 Å². The van der Waals surface area contributed by atoms with E-state index in [9.17, 15) is 9.59 Å². The fourth-order valence-electron chi connectivity index (χ4n) is 3.18. The van der Waals surface area contributed by atoms with Crippen LogP contribution in [0, 0.1) is 13.8 Å². The third-order valence-electron chi connectivity index (χ3n) is 4.70. The molecule has 1 fully saturated rings. The first-order chi connectivity index (χ1) is 13.0. The Hall–Kier alpha value is -2.74. The van der Waals surface area contributed by atoms with E-state index in [0.717, 1.165) is 6.54 Å². The van der Waals surface area contributed by atoms with Crippen LogP contribution in [0.5, 0.6) is 0 Å². The van der Waals surface area contributed by atoms with Crippen LogP contribution in [0.4, 0.5) is 0 Å². The average molecular weight is 371 g/mol. The number of nitrogens with one attached hydrogen (secondary N) is 2. The quantitative estimate of drug-likeness (QED) is 0.744. The highest BCUT2D eigenvalue weighted by molar-refractivity contribution is 5.88. The molecule has 0 saturated carbocycles. The van der Waals surface area contributed by atoms with Crippen LogP contribution in [-0.4, -0.2) is 52.5 Å². The summed E-state index contributed by atoms with van der Waals surface area (Å²) in [5.41, 5.74) is 2.35. The van der Waals surface area contributed by atoms with Crippen molar-refractivity contribution in [1.82, 2.24) is 25.7 Å². The number of hydrogen-bond acceptors (Lipinski definition) is 6. The monoisotopic (exact) mass is 371 g/mol. The zero-order chi connectivity index (χ0) is 19.2. The van der Waals surface area contributed by atoms with Gasteiger partial charge in [0.05, 0.1) is 12.5 Å². The Balaban J connectivity index is 1.55. The SMILES string of the molecule is Cc1nc(CCNC(=O)CC2C(=O)NCCN2Cc2ccccc2C)no1. The molecule has 0 radical (unpaired) electrons. The maximum atomic E-state index is 12.3. The maximum absolute atomic E-state index is 12.3. The number of aryl methyl sites for hydroxylation is 2. The van der Waals surface area contributed by atoms with Gasteiger partial charge < -0.3 is 15.2 Å². The number of carbonyl (C=O) groups is 2. The van der Waals surface area contributed by atoms with E-state index < -0.39 is 6.04 Å². The molecule has 0 aliphatic carbocycles. The summed E-state index contributed by atoms with van der Waals surface area (Å²) in [6, 6.07) is 7.64. The van der Waals surface area contributed by atoms with E-state index in [4.69, 9.17) is 4.52 Å². The van der Waals surface area contributed by atoms with Gasteiger partial charge >= 0.3 is 0 Å². The third-order valence-corrected chi connectivity index (χ3v) is 4.70. The van der Waals surface area contributed by atoms with E-state index in [0.29, 0.717) is 37.8 Å². The summed E-state index contributed by atoms with van der Waals surface area (Å²) < 4.78 is 4.90. The standard InChI is InChI=1S/C19H25N5O3/c1-13-5-3-4-6-15(13)12-24-10-9-21-19(26)16(24)11-18(25)20-8-7-17-22-14(2)27-23-17/h3-6,16H,7-12H2,1-2H3,(H,20,25)(H,21,26). The molecule has 1 aromatic carbocycles. The lowest BCUT2D eigenvalue weighted by molar-refractivity contribution is -0.134. The lowest BCUT2D eigenvalue weighted by atomic mass is 10.0. The van der Waals surface area contributed by atoms with Crippen molar-refractivity contribution < 1.29 is 14.1 Å². The minimum absolute atomic E-state index is 0.0984. The van der Waals surface area contributed by atoms with Gasteiger partial charge in [0.1, 0.15) is 0 Å². The molecule has 1 aromatic heterocycles. The molecule has 2 heterocycles. The first-order valence-corrected chi connectivity index (χ1v) is 9.15. The van der Waals surface area contributed by atoms with Crippen molar-refractivity contribution in [3.05, 3.63) is 47.1 Å². The predicted octanol–water partition coefficient (Wildman–Crippen LogP) is 0.736. The molecule has 2 N–H and O–H groups in total. The number of nitrogens with zero attached hydrogens (tertiary/aromatic N) is 3. The molecule has 1 unspecified atom stereocenters. The van der Waals surface area contributed by atoms with Crippen LogP contribution in [0.3, 0.4) is 0 Å². The summed E-state index contributed by atoms with van der Waals surface area (Å²) >= 11 is 0. The Kier molecular flexibility index (Phi) is 6.18. The fraction of sp³-hybridized carbons (Fsp3) is 0.474. The number of aromatic nitrogens is 2. The zero-order valence-corrected chi connectivity index (χ0v) is 15.7. The van der Waals surface area contributed by atoms with Gasteiger partial charge in [0.2, 0.25) is 17.7 Å². The second kappa shape index (κ2) is 8.77. The van der Waals surface area contributed by atoms with E-state index in [1.54, 1.807) is 6.92 Å². The molecule has 2 amide bonds. The predicted molar refractivity (Wildman–Crippen MR) is 98.8 cm³/mol. The number of amides is 2. The van der Waals surface area contributed by atoms with Crippen LogP contribution in [0.2, 0.25) is 0 Å². The Labute approximate surface area is 158 Å². The van der Waals surface area contributed by atoms with Gasteiger partial charge in [-0.3, -0.25) is 14.5 Å². The van der Waals surface area contributed by atoms with E-state index >= 15 is 0 Å². The molecule has 0 bridgehead atoms. The van der Waals surface area contributed by atoms with Crippen LogP contribution in [0.25, 0.3) is 0 Å². The first-order valence-electron chi connectivity index (χ1n) is 9.15. The zero-order valence-electron chi connectivity index (χ0n) is 15.7. The smallest absolute Gasteiger partial charge is 0.237 e. The molecule has 8 heteroatoms. The molecule has 8 nitrogen and oxygen atoms in total. The molecule has 0 spiro atoms. The molecule has 1 saturated heterocycles. The molecule has 1 aliphatic heterocycles. The maximum Gasteiger partial charge on any atom is 0.237 e. The lowest BCUT2D eigenvalue weighted by Gasteiger charge is -2.35. The van der Waals surface area contributed by atoms with Crippen molar-refractivity contribution in [2.45, 2.75) is 39.3 Å². The minimum atomic E-state index is -0.467. The summed E-state index contributed by atoms with van der Waals surface area (Å²) in [6.45, 7) is 6.16. The van der Waals surface area contributed by atoms with Gasteiger partial charge in [-0.15, -0.1) is 0 Å². The molecule has 1 atom stereocenters. The van der Waals surface area contributed by atoms with Crippen molar-refractivity contribution in [3.8, 4) is 0 Å². The Morgan fingerprint density at radius 3 is 2.93 bits per heavy atom. The summed E-state index contributed by atoms with van der Waals surface area (Å²) in [5.74, 6) is 0.803. The number of benzene rings is 1. The van der Waals surface area contributed by atoms with Gasteiger partial charge in [0.15, 0.2) is 5.82 Å². The number of rotatable bonds is 7. The molecule has 2 aromatic rings. The van der Waals surface area contributed by atoms with Gasteiger partial charge in [0, 0.05) is 39.5 Å². The first kappa shape index (κ1) is 19.0. The van der Waals surface area contributed by atoms with Crippen molar-refractivity contribution in [1.29, 1.82) is 0 Å². The highest BCUT2D eigenvalue weighted by Gasteiger charge is 2.31. The normalized spacial score (nSPS) is 17.6. The number of carbonyl (C=O) groups excluding carboxylic acids is 2. The Morgan fingerprint density at radius 2 is 2.19 bits per heavy atom. The highest BCUT2D eigenvalue weighted by atomic mass is 16.5. The fourth-order valence-corrected chi connectivity index (χ4v) is 3.18. The van der Waals surface area contributed by atoms with Crippen LogP contribution < -0.4 is 10.6 Å². The van der Waals surface area contributed by atoms with Gasteiger partial charge in [-0.25, -0.2) is 0 Å². The Bertz CT molecular complexity index is 804. The highest BCUT2D eigenvalue weighted by Crippen LogP contribution is 2.16. The van der Waals surface area contributed by atoms with Crippen LogP contribution >= 0.6 is 0 Å². The van der Waals surface area contributed by atoms with Crippen LogP contribution in [-0.2, 0) is 22.6 Å². The van der Waals surface area contributed by atoms with Gasteiger partial charge in [-0.2, -0.15) is 4.98 Å². The van der Waals surface area contributed by atoms with Crippen LogP contribution in [0.15, 0.2) is 28.8 Å². The summed E-state index contributed by atoms with van der Waals surface area (Å²) in [4.78, 5) is 30.9. The molecule has 3 rings (SSSR count). The van der Waals surface area contributed by atoms with Crippen molar-refractivity contribution in [2.75, 3.05) is 19.6 Å². The van der Waals surface area contributed by atoms with Gasteiger partial charge in [-0.1, -0.05) is 29.4 Å². The second-order valence-electron chi connectivity index (χ2n) is 6.74. The molecular formula is C19H25N5O3. The molecule has 144 valence electrons. The second-order valence-corrected chi connectivity index (χ2v) is 6.74. The molecule has 1 aliphatic rings. The van der Waals surface area contributed by atoms with Crippen molar-refractivity contribution in [3.63, 3.8) is 0 Å². The van der Waals surface area contributed by atoms with E-state index in [-0.39, 0.29) is 18.2 Å². The van der Waals surface area contributed by atoms with Gasteiger partial charge in [-0.05, 0) is 18.1 Å². The lowest BCUT2D eigenvalue weighted by Crippen LogP contribution is -2.56. The van der Waals surface area contributed by atoms with Gasteiger partial charge in [0.25, 0.3) is 0 Å². The van der Waals surface area contributed by atoms with E-state index in [1.807, 2.05) is 12.1 Å². The summed E-state index contributed by atoms with van der Waals surface area (Å²) in [7, 11) is 0. The summed E-state index contributed by atoms with van der Waals surface area (Å²) in [6.07, 6.45) is 0.621. The van der Waals surface area contributed by atoms with Crippen LogP contribution in [0.1, 0.15) is 29.3 Å². The van der Waals surface area contributed by atoms with E-state index in [1.165, 1.54) is 11.1 Å². The molecular weight excluding hydrogens is 346 g/mol. The van der Waals surface area contributed by atoms with Crippen molar-refractivity contribution in [2.24, 2.45) is 0 Å². The summed E-state index contributed by atoms with van der Waals surface area (Å²) in [5, 5.41) is 9.49. The topological polar surface area (TPSA) is 100 Å². The minimum Gasteiger partial charge on any atom is -0.356 e. The number of hydrogen-bond donors (Lipinski definition) is 2. The van der Waals surface area contributed by atoms with Crippen molar-refractivity contribution >= 4 is 11.8 Å². The number of piperazine rings is 1. The largest absolute Gasteiger partial charge is 0.356 e. The Morgan fingerprint density at radius 1 is 1.37 bits per heavy atom. The average Bonchev–Trinajstić information content (AvgIpc) is 3.05. The molecule has 27 heavy (non-hydrogen) atoms. The third kappa shape index (κ3) is 5.13.